The van der Waals surface area contributed by atoms with Crippen molar-refractivity contribution in [2.24, 2.45) is 10.4 Å². The normalized spacial score (nSPS) is 20.5. The lowest BCUT2D eigenvalue weighted by atomic mass is 9.58. The number of aliphatic imine (C=N–C) groups is 1. The summed E-state index contributed by atoms with van der Waals surface area (Å²) in [6, 6.07) is 6.30. The van der Waals surface area contributed by atoms with Crippen molar-refractivity contribution in [3.05, 3.63) is 42.4 Å². The second-order valence-corrected chi connectivity index (χ2v) is 7.22. The van der Waals surface area contributed by atoms with E-state index >= 15 is 0 Å². The van der Waals surface area contributed by atoms with Gasteiger partial charge in [0, 0.05) is 50.2 Å². The molecule has 29 heavy (non-hydrogen) atoms. The number of nitrogens with zero attached hydrogens (tertiary/aromatic N) is 4. The Labute approximate surface area is 190 Å². The van der Waals surface area contributed by atoms with Crippen LogP contribution < -0.4 is 10.6 Å². The van der Waals surface area contributed by atoms with E-state index in [0.717, 1.165) is 43.2 Å². The van der Waals surface area contributed by atoms with Gasteiger partial charge in [0.1, 0.15) is 0 Å². The van der Waals surface area contributed by atoms with Gasteiger partial charge in [-0.3, -0.25) is 4.99 Å². The van der Waals surface area contributed by atoms with Crippen LogP contribution in [0.4, 0.5) is 0 Å². The highest BCUT2D eigenvalue weighted by Crippen LogP contribution is 2.48. The first kappa shape index (κ1) is 23.6. The van der Waals surface area contributed by atoms with Gasteiger partial charge in [-0.15, -0.1) is 24.0 Å². The number of aromatic nitrogens is 3. The highest BCUT2D eigenvalue weighted by Gasteiger charge is 2.53. The molecule has 0 aromatic carbocycles. The zero-order valence-corrected chi connectivity index (χ0v) is 20.1. The maximum Gasteiger partial charge on any atom is 0.191 e. The minimum Gasteiger partial charge on any atom is -0.378 e. The van der Waals surface area contributed by atoms with Crippen molar-refractivity contribution in [3.8, 4) is 5.82 Å². The molecule has 7 nitrogen and oxygen atoms in total. The predicted octanol–water partition coefficient (Wildman–Crippen LogP) is 3.53. The van der Waals surface area contributed by atoms with E-state index in [1.54, 1.807) is 10.9 Å². The molecule has 0 spiro atoms. The molecule has 0 aliphatic heterocycles. The molecule has 2 heterocycles. The topological polar surface area (TPSA) is 76.4 Å². The first-order valence-corrected chi connectivity index (χ1v) is 10.2. The quantitative estimate of drug-likeness (QED) is 0.322. The number of hydrogen-bond acceptors (Lipinski definition) is 4. The predicted molar refractivity (Wildman–Crippen MR) is 127 cm³/mol. The Hall–Kier alpha value is -1.68. The minimum atomic E-state index is 0. The van der Waals surface area contributed by atoms with Gasteiger partial charge in [0.25, 0.3) is 0 Å². The summed E-state index contributed by atoms with van der Waals surface area (Å²) in [4.78, 5) is 8.80. The van der Waals surface area contributed by atoms with Crippen LogP contribution in [0.25, 0.3) is 5.82 Å². The van der Waals surface area contributed by atoms with Crippen LogP contribution in [0.2, 0.25) is 0 Å². The Kier molecular flexibility index (Phi) is 8.88. The molecular weight excluding hydrogens is 479 g/mol. The number of ether oxygens (including phenoxy) is 1. The van der Waals surface area contributed by atoms with Crippen molar-refractivity contribution in [2.75, 3.05) is 13.7 Å². The van der Waals surface area contributed by atoms with E-state index in [2.05, 4.69) is 46.5 Å². The molecule has 1 saturated carbocycles. The molecule has 8 heteroatoms. The molecule has 0 amide bonds. The Balaban J connectivity index is 0.00000300. The van der Waals surface area contributed by atoms with Crippen LogP contribution in [0.5, 0.6) is 0 Å². The summed E-state index contributed by atoms with van der Waals surface area (Å²) in [5.41, 5.74) is 1.30. The maximum absolute atomic E-state index is 5.98. The van der Waals surface area contributed by atoms with Crippen molar-refractivity contribution < 1.29 is 4.74 Å². The summed E-state index contributed by atoms with van der Waals surface area (Å²) in [5.74, 6) is 1.63. The van der Waals surface area contributed by atoms with Crippen molar-refractivity contribution in [3.63, 3.8) is 0 Å². The summed E-state index contributed by atoms with van der Waals surface area (Å²) in [7, 11) is 1.81. The number of rotatable bonds is 8. The van der Waals surface area contributed by atoms with Gasteiger partial charge in [0.15, 0.2) is 11.8 Å². The molecule has 2 aromatic rings. The average Bonchev–Trinajstić information content (AvgIpc) is 3.26. The standard InChI is InChI=1S/C21H32N6O.HI/c1-5-21(6-2)17(14-18(21)28-7-3)26-20(22-4)24-15-16-9-11-23-19(13-16)27-12-8-10-25-27;/h8-13,17-18H,5-7,14-15H2,1-4H3,(H2,22,24,26);1H. The van der Waals surface area contributed by atoms with Crippen molar-refractivity contribution in [2.45, 2.75) is 58.7 Å². The van der Waals surface area contributed by atoms with Crippen LogP contribution in [0.1, 0.15) is 45.6 Å². The van der Waals surface area contributed by atoms with Crippen LogP contribution in [-0.4, -0.2) is 46.5 Å². The zero-order valence-electron chi connectivity index (χ0n) is 17.8. The van der Waals surface area contributed by atoms with Gasteiger partial charge in [-0.05, 0) is 49.9 Å². The molecule has 3 rings (SSSR count). The smallest absolute Gasteiger partial charge is 0.191 e. The Bertz CT molecular complexity index is 775. The molecule has 1 fully saturated rings. The van der Waals surface area contributed by atoms with E-state index in [0.29, 0.717) is 18.7 Å². The zero-order chi connectivity index (χ0) is 20.0. The third-order valence-electron chi connectivity index (χ3n) is 6.01. The van der Waals surface area contributed by atoms with Crippen LogP contribution in [-0.2, 0) is 11.3 Å². The molecular formula is C21H33IN6O. The van der Waals surface area contributed by atoms with Crippen LogP contribution in [0.3, 0.4) is 0 Å². The Morgan fingerprint density at radius 1 is 1.31 bits per heavy atom. The van der Waals surface area contributed by atoms with Crippen LogP contribution in [0, 0.1) is 5.41 Å². The van der Waals surface area contributed by atoms with Crippen molar-refractivity contribution >= 4 is 29.9 Å². The van der Waals surface area contributed by atoms with Gasteiger partial charge in [-0.25, -0.2) is 9.67 Å². The van der Waals surface area contributed by atoms with E-state index < -0.39 is 0 Å². The van der Waals surface area contributed by atoms with E-state index in [4.69, 9.17) is 4.74 Å². The summed E-state index contributed by atoms with van der Waals surface area (Å²) >= 11 is 0. The molecule has 2 aromatic heterocycles. The summed E-state index contributed by atoms with van der Waals surface area (Å²) in [6.07, 6.45) is 9.00. The van der Waals surface area contributed by atoms with Gasteiger partial charge in [-0.1, -0.05) is 13.8 Å². The molecule has 2 atom stereocenters. The largest absolute Gasteiger partial charge is 0.378 e. The van der Waals surface area contributed by atoms with Gasteiger partial charge in [-0.2, -0.15) is 5.10 Å². The highest BCUT2D eigenvalue weighted by atomic mass is 127. The second-order valence-electron chi connectivity index (χ2n) is 7.22. The second kappa shape index (κ2) is 10.9. The molecule has 2 N–H and O–H groups in total. The van der Waals surface area contributed by atoms with E-state index in [9.17, 15) is 0 Å². The lowest BCUT2D eigenvalue weighted by Gasteiger charge is -2.55. The van der Waals surface area contributed by atoms with Crippen molar-refractivity contribution in [1.82, 2.24) is 25.4 Å². The van der Waals surface area contributed by atoms with Gasteiger partial charge >= 0.3 is 0 Å². The average molecular weight is 512 g/mol. The number of guanidine groups is 1. The minimum absolute atomic E-state index is 0. The van der Waals surface area contributed by atoms with Gasteiger partial charge < -0.3 is 15.4 Å². The lowest BCUT2D eigenvalue weighted by Crippen LogP contribution is -2.65. The van der Waals surface area contributed by atoms with E-state index in [1.807, 2.05) is 37.6 Å². The number of hydrogen-bond donors (Lipinski definition) is 2. The fourth-order valence-electron chi connectivity index (χ4n) is 4.23. The Morgan fingerprint density at radius 3 is 2.72 bits per heavy atom. The molecule has 0 bridgehead atoms. The fraction of sp³-hybridized carbons (Fsp3) is 0.571. The first-order chi connectivity index (χ1) is 13.7. The molecule has 2 unspecified atom stereocenters. The van der Waals surface area contributed by atoms with Gasteiger partial charge in [0.2, 0.25) is 0 Å². The SMILES string of the molecule is CCOC1CC(NC(=NC)NCc2ccnc(-n3cccn3)c2)C1(CC)CC.I. The third kappa shape index (κ3) is 5.09. The van der Waals surface area contributed by atoms with Crippen molar-refractivity contribution in [1.29, 1.82) is 0 Å². The van der Waals surface area contributed by atoms with E-state index in [-0.39, 0.29) is 29.4 Å². The Morgan fingerprint density at radius 2 is 2.10 bits per heavy atom. The molecule has 160 valence electrons. The number of pyridine rings is 1. The fourth-order valence-corrected chi connectivity index (χ4v) is 4.23. The molecule has 1 aliphatic rings. The summed E-state index contributed by atoms with van der Waals surface area (Å²) in [5, 5.41) is 11.3. The van der Waals surface area contributed by atoms with Crippen LogP contribution >= 0.6 is 24.0 Å². The third-order valence-corrected chi connectivity index (χ3v) is 6.01. The summed E-state index contributed by atoms with van der Waals surface area (Å²) < 4.78 is 7.74. The van der Waals surface area contributed by atoms with E-state index in [1.165, 1.54) is 0 Å². The lowest BCUT2D eigenvalue weighted by molar-refractivity contribution is -0.133. The van der Waals surface area contributed by atoms with Crippen LogP contribution in [0.15, 0.2) is 41.8 Å². The number of nitrogens with one attached hydrogen (secondary N) is 2. The molecule has 1 aliphatic carbocycles. The van der Waals surface area contributed by atoms with Gasteiger partial charge in [0.05, 0.1) is 6.10 Å². The monoisotopic (exact) mass is 512 g/mol. The summed E-state index contributed by atoms with van der Waals surface area (Å²) in [6.45, 7) is 8.03. The molecule has 0 saturated heterocycles. The molecule has 0 radical (unpaired) electrons. The first-order valence-electron chi connectivity index (χ1n) is 10.2. The number of halogens is 1. The highest BCUT2D eigenvalue weighted by molar-refractivity contribution is 14.0. The maximum atomic E-state index is 5.98.